The first kappa shape index (κ1) is 11.5. The monoisotopic (exact) mass is 226 g/mol. The molecule has 2 aliphatic heterocycles. The molecule has 5 nitrogen and oxygen atoms in total. The molecule has 1 atom stereocenters. The zero-order valence-electron chi connectivity index (χ0n) is 9.39. The zero-order valence-corrected chi connectivity index (χ0v) is 9.39. The summed E-state index contributed by atoms with van der Waals surface area (Å²) in [7, 11) is 0. The third kappa shape index (κ3) is 2.41. The van der Waals surface area contributed by atoms with Gasteiger partial charge in [0.05, 0.1) is 6.54 Å². The van der Waals surface area contributed by atoms with Crippen molar-refractivity contribution in [3.8, 4) is 0 Å². The lowest BCUT2D eigenvalue weighted by atomic mass is 10.1. The molecule has 2 amide bonds. The fraction of sp³-hybridized carbons (Fsp3) is 0.818. The van der Waals surface area contributed by atoms with Crippen molar-refractivity contribution in [1.82, 2.24) is 9.80 Å². The predicted octanol–water partition coefficient (Wildman–Crippen LogP) is -0.550. The van der Waals surface area contributed by atoms with E-state index in [1.54, 1.807) is 0 Å². The number of rotatable bonds is 3. The summed E-state index contributed by atoms with van der Waals surface area (Å²) in [4.78, 5) is 26.6. The lowest BCUT2D eigenvalue weighted by Crippen LogP contribution is -2.40. The summed E-state index contributed by atoms with van der Waals surface area (Å²) in [6.45, 7) is 2.70. The maximum Gasteiger partial charge on any atom is 0.243 e. The van der Waals surface area contributed by atoms with Gasteiger partial charge in [-0.25, -0.2) is 0 Å². The Kier molecular flexibility index (Phi) is 3.56. The second kappa shape index (κ2) is 4.93. The highest BCUT2D eigenvalue weighted by Gasteiger charge is 2.29. The molecule has 90 valence electrons. The summed E-state index contributed by atoms with van der Waals surface area (Å²) in [5.41, 5.74) is 0. The van der Waals surface area contributed by atoms with Crippen LogP contribution in [0.15, 0.2) is 0 Å². The van der Waals surface area contributed by atoms with Crippen molar-refractivity contribution in [3.05, 3.63) is 0 Å². The van der Waals surface area contributed by atoms with Crippen LogP contribution in [0.5, 0.6) is 0 Å². The smallest absolute Gasteiger partial charge is 0.243 e. The van der Waals surface area contributed by atoms with Crippen LogP contribution < -0.4 is 0 Å². The van der Waals surface area contributed by atoms with Crippen molar-refractivity contribution in [2.75, 3.05) is 32.8 Å². The van der Waals surface area contributed by atoms with Crippen LogP contribution in [-0.2, 0) is 9.59 Å². The van der Waals surface area contributed by atoms with Crippen molar-refractivity contribution in [2.45, 2.75) is 19.3 Å². The number of likely N-dealkylation sites (tertiary alicyclic amines) is 2. The summed E-state index contributed by atoms with van der Waals surface area (Å²) in [5, 5.41) is 9.00. The zero-order chi connectivity index (χ0) is 11.5. The highest BCUT2D eigenvalue weighted by Crippen LogP contribution is 2.16. The first-order valence-electron chi connectivity index (χ1n) is 5.87. The highest BCUT2D eigenvalue weighted by atomic mass is 16.3. The maximum atomic E-state index is 11.8. The highest BCUT2D eigenvalue weighted by molar-refractivity contribution is 5.97. The number of aliphatic hydroxyl groups is 1. The van der Waals surface area contributed by atoms with Crippen LogP contribution in [0.2, 0.25) is 0 Å². The van der Waals surface area contributed by atoms with Crippen LogP contribution in [0.4, 0.5) is 0 Å². The van der Waals surface area contributed by atoms with E-state index in [4.69, 9.17) is 5.11 Å². The van der Waals surface area contributed by atoms with Crippen molar-refractivity contribution < 1.29 is 14.7 Å². The van der Waals surface area contributed by atoms with Gasteiger partial charge in [-0.1, -0.05) is 0 Å². The van der Waals surface area contributed by atoms with Crippen LogP contribution in [0.3, 0.4) is 0 Å². The minimum absolute atomic E-state index is 0.0390. The molecular formula is C11H18N2O3. The largest absolute Gasteiger partial charge is 0.396 e. The van der Waals surface area contributed by atoms with E-state index in [0.29, 0.717) is 25.4 Å². The third-order valence-corrected chi connectivity index (χ3v) is 3.36. The molecule has 0 aromatic rings. The van der Waals surface area contributed by atoms with Crippen molar-refractivity contribution in [3.63, 3.8) is 0 Å². The van der Waals surface area contributed by atoms with Crippen molar-refractivity contribution in [2.24, 2.45) is 5.92 Å². The molecule has 2 saturated heterocycles. The molecule has 0 spiro atoms. The molecule has 0 saturated carbocycles. The minimum atomic E-state index is -0.0823. The van der Waals surface area contributed by atoms with Crippen LogP contribution in [0, 0.1) is 5.92 Å². The Morgan fingerprint density at radius 2 is 2.25 bits per heavy atom. The fourth-order valence-electron chi connectivity index (χ4n) is 2.39. The molecule has 2 rings (SSSR count). The molecule has 2 aliphatic rings. The standard InChI is InChI=1S/C11H18N2O3/c14-8-9-3-5-12(6-9)7-11(16)13-4-1-2-10(13)15/h9,14H,1-8H2. The molecule has 0 aromatic carbocycles. The Labute approximate surface area is 95.0 Å². The third-order valence-electron chi connectivity index (χ3n) is 3.36. The number of hydrogen-bond donors (Lipinski definition) is 1. The van der Waals surface area contributed by atoms with Gasteiger partial charge in [-0.05, 0) is 25.3 Å². The maximum absolute atomic E-state index is 11.8. The van der Waals surface area contributed by atoms with E-state index in [0.717, 1.165) is 25.9 Å². The normalized spacial score (nSPS) is 26.7. The topological polar surface area (TPSA) is 60.9 Å². The quantitative estimate of drug-likeness (QED) is 0.701. The Bertz CT molecular complexity index is 293. The molecule has 0 bridgehead atoms. The van der Waals surface area contributed by atoms with E-state index in [-0.39, 0.29) is 18.4 Å². The van der Waals surface area contributed by atoms with Gasteiger partial charge in [0.15, 0.2) is 0 Å². The van der Waals surface area contributed by atoms with Crippen LogP contribution in [0.1, 0.15) is 19.3 Å². The molecule has 0 radical (unpaired) electrons. The molecule has 0 aliphatic carbocycles. The molecular weight excluding hydrogens is 208 g/mol. The Hall–Kier alpha value is -0.940. The summed E-state index contributed by atoms with van der Waals surface area (Å²) >= 11 is 0. The molecule has 2 fully saturated rings. The average molecular weight is 226 g/mol. The van der Waals surface area contributed by atoms with E-state index in [9.17, 15) is 9.59 Å². The fourth-order valence-corrected chi connectivity index (χ4v) is 2.39. The van der Waals surface area contributed by atoms with E-state index in [1.807, 2.05) is 4.90 Å². The summed E-state index contributed by atoms with van der Waals surface area (Å²) in [6, 6.07) is 0. The summed E-state index contributed by atoms with van der Waals surface area (Å²) in [5.74, 6) is 0.172. The first-order valence-corrected chi connectivity index (χ1v) is 5.87. The summed E-state index contributed by atoms with van der Waals surface area (Å²) in [6.07, 6.45) is 2.24. The van der Waals surface area contributed by atoms with Gasteiger partial charge in [-0.2, -0.15) is 0 Å². The van der Waals surface area contributed by atoms with Crippen LogP contribution in [-0.4, -0.2) is 59.5 Å². The Balaban J connectivity index is 1.81. The molecule has 1 N–H and O–H groups in total. The van der Waals surface area contributed by atoms with E-state index in [1.165, 1.54) is 4.90 Å². The van der Waals surface area contributed by atoms with Crippen molar-refractivity contribution in [1.29, 1.82) is 0 Å². The second-order valence-electron chi connectivity index (χ2n) is 4.62. The van der Waals surface area contributed by atoms with Gasteiger partial charge in [-0.15, -0.1) is 0 Å². The van der Waals surface area contributed by atoms with Crippen LogP contribution >= 0.6 is 0 Å². The average Bonchev–Trinajstić information content (AvgIpc) is 2.86. The minimum Gasteiger partial charge on any atom is -0.396 e. The lowest BCUT2D eigenvalue weighted by Gasteiger charge is -2.19. The van der Waals surface area contributed by atoms with Crippen LogP contribution in [0.25, 0.3) is 0 Å². The number of hydrogen-bond acceptors (Lipinski definition) is 4. The van der Waals surface area contributed by atoms with Gasteiger partial charge >= 0.3 is 0 Å². The molecule has 16 heavy (non-hydrogen) atoms. The van der Waals surface area contributed by atoms with E-state index < -0.39 is 0 Å². The van der Waals surface area contributed by atoms with E-state index >= 15 is 0 Å². The number of nitrogens with zero attached hydrogens (tertiary/aromatic N) is 2. The Morgan fingerprint density at radius 3 is 2.81 bits per heavy atom. The predicted molar refractivity (Wildman–Crippen MR) is 57.6 cm³/mol. The van der Waals surface area contributed by atoms with Crippen molar-refractivity contribution >= 4 is 11.8 Å². The summed E-state index contributed by atoms with van der Waals surface area (Å²) < 4.78 is 0. The molecule has 5 heteroatoms. The number of carbonyl (C=O) groups is 2. The molecule has 1 unspecified atom stereocenters. The van der Waals surface area contributed by atoms with Gasteiger partial charge < -0.3 is 5.11 Å². The van der Waals surface area contributed by atoms with Gasteiger partial charge in [0.25, 0.3) is 0 Å². The van der Waals surface area contributed by atoms with Gasteiger partial charge in [0.2, 0.25) is 11.8 Å². The van der Waals surface area contributed by atoms with Gasteiger partial charge in [0.1, 0.15) is 0 Å². The lowest BCUT2D eigenvalue weighted by molar-refractivity contribution is -0.142. The molecule has 2 heterocycles. The van der Waals surface area contributed by atoms with Gasteiger partial charge in [-0.3, -0.25) is 19.4 Å². The first-order chi connectivity index (χ1) is 7.70. The Morgan fingerprint density at radius 1 is 1.44 bits per heavy atom. The SMILES string of the molecule is O=C1CCCN1C(=O)CN1CCC(CO)C1. The number of amides is 2. The number of imide groups is 1. The second-order valence-corrected chi connectivity index (χ2v) is 4.62. The number of aliphatic hydroxyl groups excluding tert-OH is 1. The number of carbonyl (C=O) groups excluding carboxylic acids is 2. The molecule has 0 aromatic heterocycles. The van der Waals surface area contributed by atoms with Gasteiger partial charge in [0, 0.05) is 26.1 Å². The van der Waals surface area contributed by atoms with E-state index in [2.05, 4.69) is 0 Å².